The Morgan fingerprint density at radius 1 is 1.08 bits per heavy atom. The minimum Gasteiger partial charge on any atom is -0.437 e. The third-order valence-electron chi connectivity index (χ3n) is 6.68. The molecular weight excluding hydrogens is 482 g/mol. The van der Waals surface area contributed by atoms with E-state index in [1.54, 1.807) is 18.2 Å². The molecule has 0 bridgehead atoms. The molecule has 1 saturated heterocycles. The molecule has 1 aliphatic rings. The van der Waals surface area contributed by atoms with Gasteiger partial charge in [-0.1, -0.05) is 11.6 Å². The van der Waals surface area contributed by atoms with Gasteiger partial charge >= 0.3 is 11.8 Å². The van der Waals surface area contributed by atoms with Crippen molar-refractivity contribution in [3.05, 3.63) is 69.7 Å². The van der Waals surface area contributed by atoms with Crippen molar-refractivity contribution in [1.82, 2.24) is 9.88 Å². The number of anilines is 1. The number of fused-ring (bicyclic) bond motifs is 2. The van der Waals surface area contributed by atoms with E-state index in [1.165, 1.54) is 18.7 Å². The fourth-order valence-corrected chi connectivity index (χ4v) is 5.02. The molecule has 1 aliphatic heterocycles. The Bertz CT molecular complexity index is 1440. The summed E-state index contributed by atoms with van der Waals surface area (Å²) in [6, 6.07) is 12.5. The normalized spacial score (nSPS) is 14.4. The molecule has 0 aliphatic carbocycles. The molecule has 0 atom stereocenters. The first-order chi connectivity index (χ1) is 17.5. The second-order valence-electron chi connectivity index (χ2n) is 8.96. The molecule has 0 spiro atoms. The molecule has 8 nitrogen and oxygen atoms in total. The Morgan fingerprint density at radius 3 is 2.72 bits per heavy atom. The Hall–Kier alpha value is -3.49. The van der Waals surface area contributed by atoms with Gasteiger partial charge in [0, 0.05) is 60.8 Å². The lowest BCUT2D eigenvalue weighted by molar-refractivity contribution is 0.121. The largest absolute Gasteiger partial charge is 0.513 e. The number of carbonyl (C=O) groups is 1. The van der Waals surface area contributed by atoms with Crippen LogP contribution >= 0.6 is 11.6 Å². The molecule has 2 aromatic heterocycles. The van der Waals surface area contributed by atoms with E-state index in [0.29, 0.717) is 16.4 Å². The number of H-pyrrole nitrogens is 1. The highest BCUT2D eigenvalue weighted by Gasteiger charge is 2.19. The zero-order valence-electron chi connectivity index (χ0n) is 20.1. The summed E-state index contributed by atoms with van der Waals surface area (Å²) in [6.45, 7) is 4.78. The number of benzene rings is 2. The number of aromatic nitrogens is 1. The summed E-state index contributed by atoms with van der Waals surface area (Å²) >= 11 is 6.51. The van der Waals surface area contributed by atoms with Crippen LogP contribution in [0, 0.1) is 0 Å². The summed E-state index contributed by atoms with van der Waals surface area (Å²) in [6.07, 6.45) is 4.43. The van der Waals surface area contributed by atoms with Crippen LogP contribution in [0.3, 0.4) is 0 Å². The minimum absolute atomic E-state index is 0.373. The van der Waals surface area contributed by atoms with Crippen molar-refractivity contribution < 1.29 is 18.7 Å². The maximum absolute atomic E-state index is 11.5. The third-order valence-corrected chi connectivity index (χ3v) is 6.98. The number of piperazine rings is 1. The van der Waals surface area contributed by atoms with Crippen LogP contribution in [-0.4, -0.2) is 55.9 Å². The molecule has 5 rings (SSSR count). The molecule has 4 aromatic rings. The molecule has 0 radical (unpaired) electrons. The van der Waals surface area contributed by atoms with Crippen molar-refractivity contribution in [1.29, 1.82) is 0 Å². The topological polar surface area (TPSA) is 88.0 Å². The number of aryl methyl sites for hydroxylation is 1. The lowest BCUT2D eigenvalue weighted by Crippen LogP contribution is -2.46. The van der Waals surface area contributed by atoms with Gasteiger partial charge in [-0.25, -0.2) is 9.59 Å². The Labute approximate surface area is 213 Å². The van der Waals surface area contributed by atoms with Crippen LogP contribution in [0.25, 0.3) is 21.9 Å². The first-order valence-electron chi connectivity index (χ1n) is 12.1. The Morgan fingerprint density at radius 2 is 1.92 bits per heavy atom. The van der Waals surface area contributed by atoms with Crippen LogP contribution in [0.5, 0.6) is 5.75 Å². The van der Waals surface area contributed by atoms with Gasteiger partial charge in [0.15, 0.2) is 0 Å². The number of methoxy groups -OCH3 is 1. The smallest absolute Gasteiger partial charge is 0.437 e. The molecule has 1 fully saturated rings. The number of hydrogen-bond donors (Lipinski definition) is 1. The van der Waals surface area contributed by atoms with E-state index in [0.717, 1.165) is 74.0 Å². The summed E-state index contributed by atoms with van der Waals surface area (Å²) < 4.78 is 15.0. The van der Waals surface area contributed by atoms with Crippen molar-refractivity contribution in [3.8, 4) is 5.75 Å². The van der Waals surface area contributed by atoms with E-state index < -0.39 is 6.16 Å². The number of carbonyl (C=O) groups excluding carboxylic acids is 1. The number of hydrogen-bond acceptors (Lipinski definition) is 7. The van der Waals surface area contributed by atoms with Gasteiger partial charge in [-0.05, 0) is 61.7 Å². The summed E-state index contributed by atoms with van der Waals surface area (Å²) in [5, 5.41) is 2.54. The van der Waals surface area contributed by atoms with Gasteiger partial charge in [0.1, 0.15) is 11.3 Å². The number of unbranched alkanes of at least 4 members (excludes halogenated alkanes) is 1. The maximum Gasteiger partial charge on any atom is 0.513 e. The second-order valence-corrected chi connectivity index (χ2v) is 9.37. The summed E-state index contributed by atoms with van der Waals surface area (Å²) in [5.74, 6) is 0.476. The molecule has 1 N–H and O–H groups in total. The molecule has 3 heterocycles. The van der Waals surface area contributed by atoms with Gasteiger partial charge in [0.05, 0.1) is 17.8 Å². The molecule has 0 amide bonds. The molecule has 36 heavy (non-hydrogen) atoms. The summed E-state index contributed by atoms with van der Waals surface area (Å²) in [5.41, 5.74) is 3.35. The first kappa shape index (κ1) is 24.2. The number of rotatable bonds is 7. The molecule has 9 heteroatoms. The van der Waals surface area contributed by atoms with Crippen LogP contribution in [0.15, 0.2) is 57.9 Å². The van der Waals surface area contributed by atoms with E-state index in [4.69, 9.17) is 20.8 Å². The summed E-state index contributed by atoms with van der Waals surface area (Å²) in [4.78, 5) is 30.9. The van der Waals surface area contributed by atoms with Crippen molar-refractivity contribution in [2.75, 3.05) is 44.7 Å². The van der Waals surface area contributed by atoms with Gasteiger partial charge in [-0.2, -0.15) is 0 Å². The van der Waals surface area contributed by atoms with Crippen molar-refractivity contribution in [2.24, 2.45) is 0 Å². The zero-order valence-corrected chi connectivity index (χ0v) is 20.8. The van der Waals surface area contributed by atoms with E-state index >= 15 is 0 Å². The Balaban J connectivity index is 1.12. The predicted octanol–water partition coefficient (Wildman–Crippen LogP) is 5.22. The van der Waals surface area contributed by atoms with E-state index in [9.17, 15) is 9.59 Å². The third kappa shape index (κ3) is 5.34. The average molecular weight is 510 g/mol. The van der Waals surface area contributed by atoms with Gasteiger partial charge in [0.25, 0.3) is 0 Å². The van der Waals surface area contributed by atoms with Crippen molar-refractivity contribution in [3.63, 3.8) is 0 Å². The minimum atomic E-state index is -0.720. The van der Waals surface area contributed by atoms with Gasteiger partial charge in [0.2, 0.25) is 0 Å². The molecule has 0 saturated carbocycles. The predicted molar refractivity (Wildman–Crippen MR) is 140 cm³/mol. The highest BCUT2D eigenvalue weighted by atomic mass is 35.5. The van der Waals surface area contributed by atoms with Crippen molar-refractivity contribution in [2.45, 2.75) is 19.3 Å². The van der Waals surface area contributed by atoms with Crippen LogP contribution in [0.4, 0.5) is 10.5 Å². The van der Waals surface area contributed by atoms with Gasteiger partial charge < -0.3 is 23.8 Å². The van der Waals surface area contributed by atoms with Crippen LogP contribution < -0.4 is 15.3 Å². The van der Waals surface area contributed by atoms with Gasteiger partial charge in [-0.3, -0.25) is 4.90 Å². The van der Waals surface area contributed by atoms with Crippen molar-refractivity contribution >= 4 is 45.3 Å². The van der Waals surface area contributed by atoms with Crippen LogP contribution in [0.2, 0.25) is 5.02 Å². The van der Waals surface area contributed by atoms with E-state index in [2.05, 4.69) is 19.5 Å². The monoisotopic (exact) mass is 509 g/mol. The number of ether oxygens (including phenoxy) is 2. The number of aromatic amines is 1. The summed E-state index contributed by atoms with van der Waals surface area (Å²) in [7, 11) is 1.29. The molecular formula is C27H28ClN3O5. The zero-order chi connectivity index (χ0) is 25.1. The van der Waals surface area contributed by atoms with E-state index in [-0.39, 0.29) is 5.63 Å². The standard InChI is InChI=1S/C27H28ClN3O5/c1-34-27(33)35-20-6-7-23-21(15-20)19(17-29-23)4-2-3-9-30-10-12-31(13-11-30)24-14-18-5-8-26(32)36-25(18)16-22(24)28/h5-8,14-17,29H,2-4,9-13H2,1H3. The lowest BCUT2D eigenvalue weighted by atomic mass is 10.1. The SMILES string of the molecule is COC(=O)Oc1ccc2[nH]cc(CCCCN3CCN(c4cc5ccc(=O)oc5cc4Cl)CC3)c2c1. The quantitative estimate of drug-likeness (QED) is 0.158. The average Bonchev–Trinajstić information content (AvgIpc) is 3.28. The van der Waals surface area contributed by atoms with Crippen LogP contribution in [-0.2, 0) is 11.2 Å². The maximum atomic E-state index is 11.5. The lowest BCUT2D eigenvalue weighted by Gasteiger charge is -2.36. The van der Waals surface area contributed by atoms with E-state index in [1.807, 2.05) is 24.4 Å². The molecule has 0 unspecified atom stereocenters. The first-order valence-corrected chi connectivity index (χ1v) is 12.4. The van der Waals surface area contributed by atoms with Crippen LogP contribution in [0.1, 0.15) is 18.4 Å². The molecule has 2 aromatic carbocycles. The fraction of sp³-hybridized carbons (Fsp3) is 0.333. The number of nitrogens with zero attached hydrogens (tertiary/aromatic N) is 2. The second kappa shape index (κ2) is 10.6. The molecule has 188 valence electrons. The highest BCUT2D eigenvalue weighted by molar-refractivity contribution is 6.34. The van der Waals surface area contributed by atoms with Gasteiger partial charge in [-0.15, -0.1) is 0 Å². The highest BCUT2D eigenvalue weighted by Crippen LogP contribution is 2.31. The number of halogens is 1. The fourth-order valence-electron chi connectivity index (χ4n) is 4.75. The number of nitrogens with one attached hydrogen (secondary N) is 1. The Kier molecular flexibility index (Phi) is 7.16.